The van der Waals surface area contributed by atoms with Gasteiger partial charge in [0.2, 0.25) is 0 Å². The van der Waals surface area contributed by atoms with Crippen LogP contribution in [0, 0.1) is 0 Å². The topological polar surface area (TPSA) is 3.01 Å². The van der Waals surface area contributed by atoms with Crippen molar-refractivity contribution in [3.63, 3.8) is 0 Å². The molecule has 0 aromatic rings. The molecule has 0 aliphatic carbocycles. The molecule has 0 N–H and O–H groups in total. The molecule has 0 bridgehead atoms. The van der Waals surface area contributed by atoms with Crippen LogP contribution in [0.1, 0.15) is 0 Å². The lowest BCUT2D eigenvalue weighted by atomic mass is 11.1. The van der Waals surface area contributed by atoms with E-state index in [-0.39, 0.29) is 17.0 Å². The van der Waals surface area contributed by atoms with Crippen molar-refractivity contribution >= 4 is 27.8 Å². The molecule has 0 saturated carbocycles. The van der Waals surface area contributed by atoms with E-state index >= 15 is 0 Å². The molecule has 0 radical (unpaired) electrons. The third-order valence-corrected chi connectivity index (χ3v) is 1.01. The summed E-state index contributed by atoms with van der Waals surface area (Å²) in [5.41, 5.74) is 0. The number of halogens is 3. The lowest BCUT2D eigenvalue weighted by Gasteiger charge is -1.77. The van der Waals surface area contributed by atoms with Crippen LogP contribution in [0.3, 0.4) is 0 Å². The summed E-state index contributed by atoms with van der Waals surface area (Å²) in [4.78, 5) is 0. The highest BCUT2D eigenvalue weighted by molar-refractivity contribution is 6.94. The average Bonchev–Trinajstić information content (AvgIpc) is 1.36. The van der Waals surface area contributed by atoms with Gasteiger partial charge in [-0.2, -0.15) is 0 Å². The van der Waals surface area contributed by atoms with Gasteiger partial charge < -0.3 is 12.4 Å². The third kappa shape index (κ3) is 6.54. The van der Waals surface area contributed by atoms with E-state index in [1.807, 2.05) is 0 Å². The molecule has 0 heterocycles. The van der Waals surface area contributed by atoms with E-state index in [4.69, 9.17) is 23.2 Å². The molecule has 0 saturated heterocycles. The molecular formula is C3H6Cl3N. The van der Waals surface area contributed by atoms with Crippen LogP contribution in [0.15, 0.2) is 0 Å². The standard InChI is InChI=1S/C3H6Cl2N.ClH/c1-6(2)3(4)5;/h1-2H3;1H/q+1;/p-1. The molecule has 0 rings (SSSR count). The van der Waals surface area contributed by atoms with Crippen LogP contribution in [0.5, 0.6) is 0 Å². The zero-order chi connectivity index (χ0) is 5.15. The smallest absolute Gasteiger partial charge is 0.340 e. The van der Waals surface area contributed by atoms with E-state index in [9.17, 15) is 0 Å². The Kier molecular flexibility index (Phi) is 7.04. The van der Waals surface area contributed by atoms with Gasteiger partial charge in [0.1, 0.15) is 14.1 Å². The van der Waals surface area contributed by atoms with Gasteiger partial charge in [-0.1, -0.05) is 0 Å². The highest BCUT2D eigenvalue weighted by Crippen LogP contribution is 1.85. The lowest BCUT2D eigenvalue weighted by molar-refractivity contribution is -0.459. The van der Waals surface area contributed by atoms with Crippen molar-refractivity contribution in [2.75, 3.05) is 14.1 Å². The zero-order valence-electron chi connectivity index (χ0n) is 4.08. The molecule has 0 fully saturated rings. The van der Waals surface area contributed by atoms with E-state index in [1.165, 1.54) is 0 Å². The largest absolute Gasteiger partial charge is 1.00 e. The summed E-state index contributed by atoms with van der Waals surface area (Å²) in [6.07, 6.45) is 0. The lowest BCUT2D eigenvalue weighted by Crippen LogP contribution is -3.00. The maximum absolute atomic E-state index is 5.22. The second kappa shape index (κ2) is 4.69. The highest BCUT2D eigenvalue weighted by atomic mass is 35.5. The van der Waals surface area contributed by atoms with Gasteiger partial charge in [-0.3, -0.25) is 0 Å². The van der Waals surface area contributed by atoms with E-state index in [2.05, 4.69) is 0 Å². The summed E-state index contributed by atoms with van der Waals surface area (Å²) in [6, 6.07) is 0. The fourth-order valence-corrected chi connectivity index (χ4v) is 0. The minimum atomic E-state index is 0. The van der Waals surface area contributed by atoms with Gasteiger partial charge in [0, 0.05) is 23.2 Å². The molecule has 0 spiro atoms. The summed E-state index contributed by atoms with van der Waals surface area (Å²) >= 11 is 10.4. The van der Waals surface area contributed by atoms with Gasteiger partial charge in [0.25, 0.3) is 0 Å². The van der Waals surface area contributed by atoms with Crippen LogP contribution in [-0.4, -0.2) is 23.3 Å². The van der Waals surface area contributed by atoms with Gasteiger partial charge in [-0.15, -0.1) is 0 Å². The molecule has 0 amide bonds. The van der Waals surface area contributed by atoms with Gasteiger partial charge in [0.05, 0.1) is 0 Å². The molecule has 0 atom stereocenters. The van der Waals surface area contributed by atoms with Crippen LogP contribution in [0.25, 0.3) is 0 Å². The Balaban J connectivity index is 0. The second-order valence-electron chi connectivity index (χ2n) is 1.13. The van der Waals surface area contributed by atoms with Crippen LogP contribution in [0.2, 0.25) is 0 Å². The number of hydrogen-bond acceptors (Lipinski definition) is 0. The fraction of sp³-hybridized carbons (Fsp3) is 0.667. The van der Waals surface area contributed by atoms with Crippen molar-refractivity contribution in [3.8, 4) is 0 Å². The first-order valence-corrected chi connectivity index (χ1v) is 2.25. The number of rotatable bonds is 0. The van der Waals surface area contributed by atoms with Crippen molar-refractivity contribution in [1.29, 1.82) is 0 Å². The highest BCUT2D eigenvalue weighted by Gasteiger charge is 1.90. The Labute approximate surface area is 59.3 Å². The monoisotopic (exact) mass is 161 g/mol. The van der Waals surface area contributed by atoms with Gasteiger partial charge in [-0.05, 0) is 0 Å². The van der Waals surface area contributed by atoms with E-state index in [0.717, 1.165) is 0 Å². The molecular weight excluding hydrogens is 156 g/mol. The summed E-state index contributed by atoms with van der Waals surface area (Å²) in [6.45, 7) is 0. The molecule has 0 aromatic heterocycles. The van der Waals surface area contributed by atoms with Crippen molar-refractivity contribution in [2.24, 2.45) is 0 Å². The fourth-order valence-electron chi connectivity index (χ4n) is 0. The van der Waals surface area contributed by atoms with E-state index in [0.29, 0.717) is 0 Å². The van der Waals surface area contributed by atoms with Crippen molar-refractivity contribution in [2.45, 2.75) is 0 Å². The maximum Gasteiger partial charge on any atom is 0.340 e. The normalized spacial score (nSPS) is 6.86. The van der Waals surface area contributed by atoms with Gasteiger partial charge in [0.15, 0.2) is 0 Å². The molecule has 0 unspecified atom stereocenters. The molecule has 4 heteroatoms. The number of hydrogen-bond donors (Lipinski definition) is 0. The van der Waals surface area contributed by atoms with Crippen LogP contribution in [0.4, 0.5) is 0 Å². The van der Waals surface area contributed by atoms with E-state index < -0.39 is 0 Å². The summed E-state index contributed by atoms with van der Waals surface area (Å²) in [5.74, 6) is 0. The Hall–Kier alpha value is 0.540. The molecule has 0 aliphatic rings. The molecule has 44 valence electrons. The third-order valence-electron chi connectivity index (χ3n) is 0.338. The first-order chi connectivity index (χ1) is 2.64. The molecule has 1 nitrogen and oxygen atoms in total. The average molecular weight is 162 g/mol. The second-order valence-corrected chi connectivity index (χ2v) is 2.04. The van der Waals surface area contributed by atoms with E-state index in [1.54, 1.807) is 18.7 Å². The first-order valence-electron chi connectivity index (χ1n) is 1.50. The summed E-state index contributed by atoms with van der Waals surface area (Å²) in [7, 11) is 3.55. The maximum atomic E-state index is 5.22. The zero-order valence-corrected chi connectivity index (χ0v) is 6.35. The Morgan fingerprint density at radius 3 is 1.43 bits per heavy atom. The Morgan fingerprint density at radius 1 is 1.29 bits per heavy atom. The van der Waals surface area contributed by atoms with Crippen LogP contribution >= 0.6 is 23.2 Å². The Bertz CT molecular complexity index is 60.2. The summed E-state index contributed by atoms with van der Waals surface area (Å²) < 4.78 is 1.90. The molecule has 0 aliphatic heterocycles. The van der Waals surface area contributed by atoms with Crippen molar-refractivity contribution < 1.29 is 17.0 Å². The van der Waals surface area contributed by atoms with Crippen molar-refractivity contribution in [3.05, 3.63) is 0 Å². The van der Waals surface area contributed by atoms with Crippen LogP contribution in [-0.2, 0) is 0 Å². The Morgan fingerprint density at radius 2 is 1.43 bits per heavy atom. The molecule has 7 heavy (non-hydrogen) atoms. The predicted molar refractivity (Wildman–Crippen MR) is 28.8 cm³/mol. The first kappa shape index (κ1) is 10.5. The minimum Gasteiger partial charge on any atom is -1.00 e. The SMILES string of the molecule is C[N+](C)=C(Cl)Cl.[Cl-]. The van der Waals surface area contributed by atoms with Gasteiger partial charge in [-0.25, -0.2) is 4.58 Å². The van der Waals surface area contributed by atoms with Crippen LogP contribution < -0.4 is 12.4 Å². The quantitative estimate of drug-likeness (QED) is 0.289. The van der Waals surface area contributed by atoms with Gasteiger partial charge >= 0.3 is 4.63 Å². The minimum absolute atomic E-state index is 0. The molecule has 0 aromatic carbocycles. The number of nitrogens with zero attached hydrogens (tertiary/aromatic N) is 1. The van der Waals surface area contributed by atoms with Crippen molar-refractivity contribution in [1.82, 2.24) is 0 Å². The summed E-state index contributed by atoms with van der Waals surface area (Å²) in [5, 5.41) is 0. The predicted octanol–water partition coefficient (Wildman–Crippen LogP) is -1.90.